The molecule has 1 atom stereocenters. The monoisotopic (exact) mass is 292 g/mol. The normalized spacial score (nSPS) is 19.2. The first-order valence-electron chi connectivity index (χ1n) is 7.38. The number of aromatic carboxylic acids is 1. The summed E-state index contributed by atoms with van der Waals surface area (Å²) < 4.78 is 0. The zero-order valence-corrected chi connectivity index (χ0v) is 13.2. The maximum Gasteiger partial charge on any atom is 0.356 e. The summed E-state index contributed by atoms with van der Waals surface area (Å²) in [5.74, 6) is 0.257. The van der Waals surface area contributed by atoms with E-state index < -0.39 is 5.97 Å². The summed E-state index contributed by atoms with van der Waals surface area (Å²) in [5, 5.41) is 9.40. The van der Waals surface area contributed by atoms with Crippen LogP contribution in [0, 0.1) is 5.92 Å². The molecule has 0 amide bonds. The predicted molar refractivity (Wildman–Crippen MR) is 82.0 cm³/mol. The minimum Gasteiger partial charge on any atom is -0.476 e. The molecule has 1 aromatic rings. The highest BCUT2D eigenvalue weighted by Gasteiger charge is 2.24. The summed E-state index contributed by atoms with van der Waals surface area (Å²) in [6.45, 7) is 6.90. The molecule has 1 fully saturated rings. The lowest BCUT2D eigenvalue weighted by atomic mass is 10.1. The molecule has 21 heavy (non-hydrogen) atoms. The average Bonchev–Trinajstić information content (AvgIpc) is 2.83. The molecule has 1 N–H and O–H groups in total. The Bertz CT molecular complexity index is 518. The van der Waals surface area contributed by atoms with Gasteiger partial charge < -0.3 is 14.9 Å². The molecular weight excluding hydrogens is 268 g/mol. The van der Waals surface area contributed by atoms with Crippen LogP contribution in [0.1, 0.15) is 42.5 Å². The van der Waals surface area contributed by atoms with Crippen molar-refractivity contribution in [3.05, 3.63) is 17.7 Å². The van der Waals surface area contributed by atoms with Crippen LogP contribution >= 0.6 is 0 Å². The van der Waals surface area contributed by atoms with Crippen molar-refractivity contribution in [1.29, 1.82) is 0 Å². The summed E-state index contributed by atoms with van der Waals surface area (Å²) >= 11 is 0. The van der Waals surface area contributed by atoms with Gasteiger partial charge in [-0.05, 0) is 25.9 Å². The smallest absolute Gasteiger partial charge is 0.356 e. The van der Waals surface area contributed by atoms with Crippen molar-refractivity contribution in [2.24, 2.45) is 5.92 Å². The molecule has 0 radical (unpaired) electrons. The Morgan fingerprint density at radius 1 is 1.57 bits per heavy atom. The fourth-order valence-electron chi connectivity index (χ4n) is 2.76. The van der Waals surface area contributed by atoms with Crippen molar-refractivity contribution in [1.82, 2.24) is 14.9 Å². The number of hydrogen-bond acceptors (Lipinski definition) is 5. The van der Waals surface area contributed by atoms with Crippen molar-refractivity contribution in [2.45, 2.75) is 26.2 Å². The standard InChI is InChI=1S/C15H24N4O2/c1-10(2)14-16-7-12(13(17-14)15(20)21)19(4)9-11-5-6-18(3)8-11/h7,10-11H,5-6,8-9H2,1-4H3,(H,20,21). The van der Waals surface area contributed by atoms with E-state index in [1.54, 1.807) is 6.20 Å². The van der Waals surface area contributed by atoms with E-state index in [1.165, 1.54) is 0 Å². The molecule has 6 nitrogen and oxygen atoms in total. The van der Waals surface area contributed by atoms with Gasteiger partial charge in [-0.2, -0.15) is 0 Å². The molecule has 1 aliphatic rings. The number of likely N-dealkylation sites (tertiary alicyclic amines) is 1. The number of carboxylic acids is 1. The first-order chi connectivity index (χ1) is 9.88. The number of nitrogens with zero attached hydrogens (tertiary/aromatic N) is 4. The highest BCUT2D eigenvalue weighted by Crippen LogP contribution is 2.23. The molecule has 0 bridgehead atoms. The Labute approximate surface area is 125 Å². The lowest BCUT2D eigenvalue weighted by Gasteiger charge is -2.24. The molecule has 1 aliphatic heterocycles. The van der Waals surface area contributed by atoms with Crippen LogP contribution in [-0.2, 0) is 0 Å². The third kappa shape index (κ3) is 3.69. The fraction of sp³-hybridized carbons (Fsp3) is 0.667. The zero-order valence-electron chi connectivity index (χ0n) is 13.2. The fourth-order valence-corrected chi connectivity index (χ4v) is 2.76. The number of hydrogen-bond donors (Lipinski definition) is 1. The predicted octanol–water partition coefficient (Wildman–Crippen LogP) is 1.69. The van der Waals surface area contributed by atoms with E-state index >= 15 is 0 Å². The molecular formula is C15H24N4O2. The van der Waals surface area contributed by atoms with Gasteiger partial charge in [0.05, 0.1) is 11.9 Å². The first-order valence-corrected chi connectivity index (χ1v) is 7.38. The second-order valence-corrected chi connectivity index (χ2v) is 6.22. The van der Waals surface area contributed by atoms with Gasteiger partial charge in [0.25, 0.3) is 0 Å². The minimum absolute atomic E-state index is 0.0996. The van der Waals surface area contributed by atoms with Crippen LogP contribution in [0.2, 0.25) is 0 Å². The van der Waals surface area contributed by atoms with Crippen LogP contribution in [0.25, 0.3) is 0 Å². The summed E-state index contributed by atoms with van der Waals surface area (Å²) in [6.07, 6.45) is 2.79. The molecule has 0 aliphatic carbocycles. The SMILES string of the molecule is CC(C)c1ncc(N(C)CC2CCN(C)C2)c(C(=O)O)n1. The van der Waals surface area contributed by atoms with Gasteiger partial charge >= 0.3 is 5.97 Å². The summed E-state index contributed by atoms with van der Waals surface area (Å²) in [7, 11) is 4.03. The van der Waals surface area contributed by atoms with Gasteiger partial charge in [0.1, 0.15) is 5.82 Å². The van der Waals surface area contributed by atoms with E-state index in [9.17, 15) is 9.90 Å². The van der Waals surface area contributed by atoms with Gasteiger partial charge in [-0.3, -0.25) is 0 Å². The number of aromatic nitrogens is 2. The van der Waals surface area contributed by atoms with Gasteiger partial charge in [0.15, 0.2) is 5.69 Å². The number of carboxylic acid groups (broad SMARTS) is 1. The Kier molecular flexibility index (Phi) is 4.77. The third-order valence-electron chi connectivity index (χ3n) is 3.94. The summed E-state index contributed by atoms with van der Waals surface area (Å²) in [5.41, 5.74) is 0.698. The highest BCUT2D eigenvalue weighted by atomic mass is 16.4. The molecule has 1 saturated heterocycles. The van der Waals surface area contributed by atoms with E-state index in [2.05, 4.69) is 21.9 Å². The van der Waals surface area contributed by atoms with Crippen molar-refractivity contribution in [3.63, 3.8) is 0 Å². The van der Waals surface area contributed by atoms with Crippen LogP contribution in [0.3, 0.4) is 0 Å². The molecule has 1 aromatic heterocycles. The molecule has 0 saturated carbocycles. The Hall–Kier alpha value is -1.69. The third-order valence-corrected chi connectivity index (χ3v) is 3.94. The number of carbonyl (C=O) groups is 1. The Balaban J connectivity index is 2.19. The van der Waals surface area contributed by atoms with Crippen LogP contribution < -0.4 is 4.90 Å². The van der Waals surface area contributed by atoms with Crippen LogP contribution in [0.5, 0.6) is 0 Å². The van der Waals surface area contributed by atoms with Crippen molar-refractivity contribution in [3.8, 4) is 0 Å². The average molecular weight is 292 g/mol. The van der Waals surface area contributed by atoms with Crippen LogP contribution in [0.15, 0.2) is 6.20 Å². The molecule has 2 rings (SSSR count). The zero-order chi connectivity index (χ0) is 15.6. The van der Waals surface area contributed by atoms with Gasteiger partial charge in [0.2, 0.25) is 0 Å². The highest BCUT2D eigenvalue weighted by molar-refractivity contribution is 5.91. The van der Waals surface area contributed by atoms with Crippen LogP contribution in [-0.4, -0.2) is 59.7 Å². The van der Waals surface area contributed by atoms with Gasteiger partial charge in [-0.25, -0.2) is 14.8 Å². The van der Waals surface area contributed by atoms with Crippen molar-refractivity contribution < 1.29 is 9.90 Å². The molecule has 0 spiro atoms. The molecule has 1 unspecified atom stereocenters. The summed E-state index contributed by atoms with van der Waals surface area (Å²) in [4.78, 5) is 24.3. The second-order valence-electron chi connectivity index (χ2n) is 6.22. The van der Waals surface area contributed by atoms with Crippen molar-refractivity contribution in [2.75, 3.05) is 38.6 Å². The Morgan fingerprint density at radius 2 is 2.29 bits per heavy atom. The molecule has 6 heteroatoms. The Morgan fingerprint density at radius 3 is 2.81 bits per heavy atom. The van der Waals surface area contributed by atoms with E-state index in [1.807, 2.05) is 25.8 Å². The lowest BCUT2D eigenvalue weighted by Crippen LogP contribution is -2.29. The lowest BCUT2D eigenvalue weighted by molar-refractivity contribution is 0.0690. The minimum atomic E-state index is -0.996. The molecule has 116 valence electrons. The van der Waals surface area contributed by atoms with Crippen molar-refractivity contribution >= 4 is 11.7 Å². The quantitative estimate of drug-likeness (QED) is 0.890. The maximum atomic E-state index is 11.5. The van der Waals surface area contributed by atoms with Gasteiger partial charge in [-0.1, -0.05) is 13.8 Å². The van der Waals surface area contributed by atoms with E-state index in [4.69, 9.17) is 0 Å². The largest absolute Gasteiger partial charge is 0.476 e. The molecule has 0 aromatic carbocycles. The summed E-state index contributed by atoms with van der Waals surface area (Å²) in [6, 6.07) is 0. The maximum absolute atomic E-state index is 11.5. The number of rotatable bonds is 5. The van der Waals surface area contributed by atoms with Crippen LogP contribution in [0.4, 0.5) is 5.69 Å². The number of anilines is 1. The van der Waals surface area contributed by atoms with Gasteiger partial charge in [-0.15, -0.1) is 0 Å². The molecule has 2 heterocycles. The first kappa shape index (κ1) is 15.7. The topological polar surface area (TPSA) is 69.6 Å². The van der Waals surface area contributed by atoms with Gasteiger partial charge in [0, 0.05) is 26.1 Å². The van der Waals surface area contributed by atoms with E-state index in [-0.39, 0.29) is 11.6 Å². The van der Waals surface area contributed by atoms with E-state index in [0.29, 0.717) is 17.4 Å². The second kappa shape index (κ2) is 6.39. The van der Waals surface area contributed by atoms with E-state index in [0.717, 1.165) is 26.1 Å².